The minimum absolute atomic E-state index is 0.0449. The van der Waals surface area contributed by atoms with Gasteiger partial charge in [-0.25, -0.2) is 4.98 Å². The van der Waals surface area contributed by atoms with Crippen molar-refractivity contribution in [3.05, 3.63) is 63.4 Å². The molecule has 0 atom stereocenters. The van der Waals surface area contributed by atoms with Crippen LogP contribution >= 0.6 is 11.6 Å². The predicted octanol–water partition coefficient (Wildman–Crippen LogP) is 3.41. The monoisotopic (exact) mass is 379 g/mol. The molecule has 0 amide bonds. The SMILES string of the molecule is Cc1nc2ncc3c(=O)n(-c4ccc(Cl)c(C(F)(F)F)c4)ccc3n2n1. The van der Waals surface area contributed by atoms with E-state index in [9.17, 15) is 18.0 Å². The van der Waals surface area contributed by atoms with Gasteiger partial charge in [-0.05, 0) is 31.2 Å². The fourth-order valence-electron chi connectivity index (χ4n) is 2.70. The normalized spacial score (nSPS) is 12.2. The van der Waals surface area contributed by atoms with Gasteiger partial charge in [0.15, 0.2) is 0 Å². The molecule has 0 saturated carbocycles. The quantitative estimate of drug-likeness (QED) is 0.508. The molecule has 0 unspecified atom stereocenters. The van der Waals surface area contributed by atoms with Gasteiger partial charge in [-0.2, -0.15) is 22.7 Å². The highest BCUT2D eigenvalue weighted by Gasteiger charge is 2.33. The van der Waals surface area contributed by atoms with Gasteiger partial charge >= 0.3 is 6.18 Å². The van der Waals surface area contributed by atoms with Gasteiger partial charge in [-0.3, -0.25) is 9.36 Å². The third-order valence-electron chi connectivity index (χ3n) is 3.87. The zero-order valence-corrected chi connectivity index (χ0v) is 13.9. The first-order valence-corrected chi connectivity index (χ1v) is 7.74. The van der Waals surface area contributed by atoms with E-state index in [-0.39, 0.29) is 11.1 Å². The van der Waals surface area contributed by atoms with Crippen molar-refractivity contribution in [2.45, 2.75) is 13.1 Å². The molecule has 0 spiro atoms. The maximum Gasteiger partial charge on any atom is 0.417 e. The van der Waals surface area contributed by atoms with Gasteiger partial charge in [0.2, 0.25) is 0 Å². The lowest BCUT2D eigenvalue weighted by Gasteiger charge is -2.13. The lowest BCUT2D eigenvalue weighted by Crippen LogP contribution is -2.19. The molecule has 1 aromatic carbocycles. The Bertz CT molecular complexity index is 1230. The summed E-state index contributed by atoms with van der Waals surface area (Å²) in [7, 11) is 0. The molecule has 10 heteroatoms. The molecule has 26 heavy (non-hydrogen) atoms. The number of hydrogen-bond acceptors (Lipinski definition) is 4. The first kappa shape index (κ1) is 16.5. The van der Waals surface area contributed by atoms with Crippen molar-refractivity contribution in [1.29, 1.82) is 0 Å². The smallest absolute Gasteiger partial charge is 0.284 e. The first-order chi connectivity index (χ1) is 12.3. The molecule has 0 radical (unpaired) electrons. The number of fused-ring (bicyclic) bond motifs is 3. The van der Waals surface area contributed by atoms with Gasteiger partial charge in [-0.1, -0.05) is 11.6 Å². The fraction of sp³-hybridized carbons (Fsp3) is 0.125. The molecule has 0 fully saturated rings. The third kappa shape index (κ3) is 2.51. The third-order valence-corrected chi connectivity index (χ3v) is 4.20. The number of aromatic nitrogens is 5. The second-order valence-electron chi connectivity index (χ2n) is 5.58. The van der Waals surface area contributed by atoms with Gasteiger partial charge < -0.3 is 0 Å². The maximum absolute atomic E-state index is 13.1. The van der Waals surface area contributed by atoms with E-state index in [4.69, 9.17) is 11.6 Å². The molecule has 3 heterocycles. The average molecular weight is 380 g/mol. The van der Waals surface area contributed by atoms with E-state index >= 15 is 0 Å². The summed E-state index contributed by atoms with van der Waals surface area (Å²) in [6.45, 7) is 1.69. The molecular formula is C16H9ClF3N5O. The lowest BCUT2D eigenvalue weighted by atomic mass is 10.2. The zero-order valence-electron chi connectivity index (χ0n) is 13.1. The summed E-state index contributed by atoms with van der Waals surface area (Å²) in [6.07, 6.45) is -1.91. The molecule has 0 aliphatic carbocycles. The standard InChI is InChI=1S/C16H9ClF3N5O/c1-8-22-15-21-7-10-13(25(15)23-8)4-5-24(14(10)26)9-2-3-12(17)11(6-9)16(18,19)20/h2-7H,1H3. The summed E-state index contributed by atoms with van der Waals surface area (Å²) in [6, 6.07) is 4.86. The fourth-order valence-corrected chi connectivity index (χ4v) is 2.93. The lowest BCUT2D eigenvalue weighted by molar-refractivity contribution is -0.137. The molecule has 132 valence electrons. The molecule has 4 rings (SSSR count). The molecule has 0 saturated heterocycles. The molecule has 0 aliphatic rings. The summed E-state index contributed by atoms with van der Waals surface area (Å²) in [4.78, 5) is 21.0. The van der Waals surface area contributed by atoms with Gasteiger partial charge in [0.1, 0.15) is 5.82 Å². The highest BCUT2D eigenvalue weighted by Crippen LogP contribution is 2.35. The number of halogens is 4. The Labute approximate surface area is 148 Å². The Kier molecular flexibility index (Phi) is 3.52. The summed E-state index contributed by atoms with van der Waals surface area (Å²) in [5.74, 6) is 0.819. The summed E-state index contributed by atoms with van der Waals surface area (Å²) in [5, 5.41) is 3.94. The Morgan fingerprint density at radius 2 is 1.96 bits per heavy atom. The van der Waals surface area contributed by atoms with E-state index < -0.39 is 22.3 Å². The van der Waals surface area contributed by atoms with Crippen LogP contribution in [0.4, 0.5) is 13.2 Å². The van der Waals surface area contributed by atoms with Crippen LogP contribution in [0.5, 0.6) is 0 Å². The van der Waals surface area contributed by atoms with E-state index in [1.54, 1.807) is 13.0 Å². The van der Waals surface area contributed by atoms with Crippen molar-refractivity contribution >= 4 is 28.3 Å². The Morgan fingerprint density at radius 3 is 2.69 bits per heavy atom. The molecule has 0 N–H and O–H groups in total. The second-order valence-corrected chi connectivity index (χ2v) is 5.99. The number of benzene rings is 1. The van der Waals surface area contributed by atoms with Crippen LogP contribution < -0.4 is 5.56 Å². The predicted molar refractivity (Wildman–Crippen MR) is 88.6 cm³/mol. The second kappa shape index (κ2) is 5.53. The van der Waals surface area contributed by atoms with Crippen molar-refractivity contribution in [1.82, 2.24) is 24.1 Å². The topological polar surface area (TPSA) is 65.1 Å². The van der Waals surface area contributed by atoms with Crippen LogP contribution in [0.2, 0.25) is 5.02 Å². The summed E-state index contributed by atoms with van der Waals surface area (Å²) >= 11 is 5.63. The molecular weight excluding hydrogens is 371 g/mol. The number of aryl methyl sites for hydroxylation is 1. The maximum atomic E-state index is 13.1. The van der Waals surface area contributed by atoms with Crippen LogP contribution in [0.15, 0.2) is 41.5 Å². The average Bonchev–Trinajstić information content (AvgIpc) is 2.95. The Morgan fingerprint density at radius 1 is 1.19 bits per heavy atom. The highest BCUT2D eigenvalue weighted by atomic mass is 35.5. The van der Waals surface area contributed by atoms with Crippen molar-refractivity contribution in [2.24, 2.45) is 0 Å². The minimum Gasteiger partial charge on any atom is -0.284 e. The first-order valence-electron chi connectivity index (χ1n) is 7.36. The minimum atomic E-state index is -4.63. The Balaban J connectivity index is 1.97. The molecule has 0 aliphatic heterocycles. The van der Waals surface area contributed by atoms with Gasteiger partial charge in [0.05, 0.1) is 21.5 Å². The number of alkyl halides is 3. The van der Waals surface area contributed by atoms with E-state index in [1.165, 1.54) is 23.0 Å². The van der Waals surface area contributed by atoms with E-state index in [2.05, 4.69) is 15.1 Å². The van der Waals surface area contributed by atoms with Crippen LogP contribution in [0, 0.1) is 6.92 Å². The number of rotatable bonds is 1. The van der Waals surface area contributed by atoms with Crippen molar-refractivity contribution in [3.8, 4) is 5.69 Å². The summed E-state index contributed by atoms with van der Waals surface area (Å²) in [5.41, 5.74) is -1.03. The number of hydrogen-bond donors (Lipinski definition) is 0. The van der Waals surface area contributed by atoms with Crippen molar-refractivity contribution < 1.29 is 13.2 Å². The number of nitrogens with zero attached hydrogens (tertiary/aromatic N) is 5. The van der Waals surface area contributed by atoms with Gasteiger partial charge in [-0.15, -0.1) is 5.10 Å². The van der Waals surface area contributed by atoms with E-state index in [1.807, 2.05) is 0 Å². The van der Waals surface area contributed by atoms with Crippen molar-refractivity contribution in [3.63, 3.8) is 0 Å². The van der Waals surface area contributed by atoms with Crippen LogP contribution in [0.3, 0.4) is 0 Å². The van der Waals surface area contributed by atoms with Gasteiger partial charge in [0.25, 0.3) is 11.3 Å². The van der Waals surface area contributed by atoms with Crippen molar-refractivity contribution in [2.75, 3.05) is 0 Å². The molecule has 4 aromatic rings. The van der Waals surface area contributed by atoms with E-state index in [0.29, 0.717) is 17.1 Å². The molecule has 3 aromatic heterocycles. The molecule has 6 nitrogen and oxygen atoms in total. The van der Waals surface area contributed by atoms with Crippen LogP contribution in [-0.2, 0) is 6.18 Å². The Hall–Kier alpha value is -2.94. The zero-order chi connectivity index (χ0) is 18.6. The van der Waals surface area contributed by atoms with Gasteiger partial charge in [0, 0.05) is 18.1 Å². The molecule has 0 bridgehead atoms. The highest BCUT2D eigenvalue weighted by molar-refractivity contribution is 6.31. The van der Waals surface area contributed by atoms with Crippen LogP contribution in [0.1, 0.15) is 11.4 Å². The van der Waals surface area contributed by atoms with Crippen LogP contribution in [-0.4, -0.2) is 24.1 Å². The number of pyridine rings is 1. The summed E-state index contributed by atoms with van der Waals surface area (Å²) < 4.78 is 41.7. The largest absolute Gasteiger partial charge is 0.417 e. The van der Waals surface area contributed by atoms with E-state index in [0.717, 1.165) is 16.7 Å². The van der Waals surface area contributed by atoms with Crippen LogP contribution in [0.25, 0.3) is 22.4 Å².